The maximum absolute atomic E-state index is 12.0. The zero-order chi connectivity index (χ0) is 21.6. The highest BCUT2D eigenvalue weighted by atomic mass is 35.5. The van der Waals surface area contributed by atoms with E-state index in [9.17, 15) is 4.79 Å². The molecule has 0 aliphatic rings. The van der Waals surface area contributed by atoms with Gasteiger partial charge in [-0.1, -0.05) is 34.8 Å². The van der Waals surface area contributed by atoms with Crippen LogP contribution in [-0.2, 0) is 11.3 Å². The second kappa shape index (κ2) is 10.3. The molecular formula is C21H25Cl3N2O3. The Hall–Kier alpha value is -1.82. The molecule has 0 fully saturated rings. The molecule has 5 nitrogen and oxygen atoms in total. The summed E-state index contributed by atoms with van der Waals surface area (Å²) in [5.41, 5.74) is 1.20. The maximum Gasteiger partial charge on any atom is 0.258 e. The average Bonchev–Trinajstić information content (AvgIpc) is 2.60. The summed E-state index contributed by atoms with van der Waals surface area (Å²) >= 11 is 18.5. The lowest BCUT2D eigenvalue weighted by molar-refractivity contribution is -0.124. The van der Waals surface area contributed by atoms with Crippen molar-refractivity contribution in [3.63, 3.8) is 0 Å². The van der Waals surface area contributed by atoms with Crippen LogP contribution in [0.5, 0.6) is 11.5 Å². The van der Waals surface area contributed by atoms with E-state index in [1.807, 2.05) is 27.7 Å². The number of carbonyl (C=O) groups excluding carboxylic acids is 1. The predicted octanol–water partition coefficient (Wildman–Crippen LogP) is 5.95. The molecule has 158 valence electrons. The molecule has 2 aromatic rings. The fraction of sp³-hybridized carbons (Fsp3) is 0.381. The van der Waals surface area contributed by atoms with E-state index in [2.05, 4.69) is 10.6 Å². The van der Waals surface area contributed by atoms with Crippen molar-refractivity contribution in [1.82, 2.24) is 5.32 Å². The molecule has 0 aliphatic heterocycles. The van der Waals surface area contributed by atoms with Crippen molar-refractivity contribution in [3.05, 3.63) is 51.0 Å². The van der Waals surface area contributed by atoms with Gasteiger partial charge < -0.3 is 20.1 Å². The van der Waals surface area contributed by atoms with Gasteiger partial charge in [0.25, 0.3) is 5.91 Å². The number of hydrogen-bond donors (Lipinski definition) is 2. The molecule has 2 aromatic carbocycles. The number of nitrogens with one attached hydrogen (secondary N) is 2. The SMILES string of the molecule is CCOc1cc(CNc2ccc(Cl)cc2Cl)c(Cl)cc1OCC(=O)NC(C)(C)C. The first-order valence-corrected chi connectivity index (χ1v) is 10.3. The van der Waals surface area contributed by atoms with Crippen LogP contribution in [0.3, 0.4) is 0 Å². The molecule has 2 rings (SSSR count). The van der Waals surface area contributed by atoms with E-state index in [4.69, 9.17) is 44.3 Å². The largest absolute Gasteiger partial charge is 0.490 e. The summed E-state index contributed by atoms with van der Waals surface area (Å²) in [6.45, 7) is 8.32. The van der Waals surface area contributed by atoms with Crippen molar-refractivity contribution >= 4 is 46.4 Å². The molecule has 0 heterocycles. The number of ether oxygens (including phenoxy) is 2. The Balaban J connectivity index is 2.13. The van der Waals surface area contributed by atoms with Crippen LogP contribution in [0.25, 0.3) is 0 Å². The highest BCUT2D eigenvalue weighted by Gasteiger charge is 2.16. The summed E-state index contributed by atoms with van der Waals surface area (Å²) in [5, 5.41) is 7.64. The molecule has 0 bridgehead atoms. The smallest absolute Gasteiger partial charge is 0.258 e. The molecule has 0 saturated heterocycles. The molecule has 1 amide bonds. The van der Waals surface area contributed by atoms with Gasteiger partial charge >= 0.3 is 0 Å². The molecule has 0 aliphatic carbocycles. The Bertz CT molecular complexity index is 867. The second-order valence-corrected chi connectivity index (χ2v) is 8.64. The lowest BCUT2D eigenvalue weighted by Gasteiger charge is -2.21. The van der Waals surface area contributed by atoms with E-state index in [1.54, 1.807) is 30.3 Å². The van der Waals surface area contributed by atoms with Gasteiger partial charge in [0.2, 0.25) is 0 Å². The van der Waals surface area contributed by atoms with Crippen LogP contribution >= 0.6 is 34.8 Å². The summed E-state index contributed by atoms with van der Waals surface area (Å²) in [6, 6.07) is 8.66. The van der Waals surface area contributed by atoms with E-state index in [-0.39, 0.29) is 18.1 Å². The molecule has 0 aromatic heterocycles. The normalized spacial score (nSPS) is 11.1. The summed E-state index contributed by atoms with van der Waals surface area (Å²) in [6.07, 6.45) is 0. The number of hydrogen-bond acceptors (Lipinski definition) is 4. The molecule has 0 spiro atoms. The minimum absolute atomic E-state index is 0.133. The minimum Gasteiger partial charge on any atom is -0.490 e. The number of halogens is 3. The van der Waals surface area contributed by atoms with Crippen LogP contribution in [0, 0.1) is 0 Å². The van der Waals surface area contributed by atoms with Gasteiger partial charge in [0.15, 0.2) is 18.1 Å². The van der Waals surface area contributed by atoms with Crippen LogP contribution in [0.2, 0.25) is 15.1 Å². The first-order valence-electron chi connectivity index (χ1n) is 9.17. The van der Waals surface area contributed by atoms with Crippen molar-refractivity contribution in [3.8, 4) is 11.5 Å². The second-order valence-electron chi connectivity index (χ2n) is 7.39. The van der Waals surface area contributed by atoms with E-state index in [0.29, 0.717) is 39.7 Å². The zero-order valence-electron chi connectivity index (χ0n) is 16.9. The monoisotopic (exact) mass is 458 g/mol. The first-order chi connectivity index (χ1) is 13.6. The van der Waals surface area contributed by atoms with Crippen LogP contribution < -0.4 is 20.1 Å². The number of carbonyl (C=O) groups is 1. The van der Waals surface area contributed by atoms with Gasteiger partial charge in [-0.25, -0.2) is 0 Å². The third kappa shape index (κ3) is 7.50. The molecule has 0 atom stereocenters. The molecule has 0 radical (unpaired) electrons. The van der Waals surface area contributed by atoms with Crippen molar-refractivity contribution < 1.29 is 14.3 Å². The van der Waals surface area contributed by atoms with Crippen molar-refractivity contribution in [2.75, 3.05) is 18.5 Å². The van der Waals surface area contributed by atoms with Crippen molar-refractivity contribution in [2.24, 2.45) is 0 Å². The molecule has 0 unspecified atom stereocenters. The maximum atomic E-state index is 12.0. The summed E-state index contributed by atoms with van der Waals surface area (Å²) in [7, 11) is 0. The van der Waals surface area contributed by atoms with Gasteiger partial charge in [0.05, 0.1) is 17.3 Å². The predicted molar refractivity (Wildman–Crippen MR) is 120 cm³/mol. The fourth-order valence-electron chi connectivity index (χ4n) is 2.51. The van der Waals surface area contributed by atoms with Gasteiger partial charge in [-0.3, -0.25) is 4.79 Å². The molecule has 29 heavy (non-hydrogen) atoms. The lowest BCUT2D eigenvalue weighted by Crippen LogP contribution is -2.43. The van der Waals surface area contributed by atoms with Crippen LogP contribution in [0.4, 0.5) is 5.69 Å². The molecule has 0 saturated carbocycles. The van der Waals surface area contributed by atoms with Crippen LogP contribution in [0.1, 0.15) is 33.3 Å². The van der Waals surface area contributed by atoms with Crippen LogP contribution in [0.15, 0.2) is 30.3 Å². The van der Waals surface area contributed by atoms with Gasteiger partial charge in [-0.15, -0.1) is 0 Å². The first kappa shape index (κ1) is 23.5. The third-order valence-corrected chi connectivity index (χ3v) is 4.59. The van der Waals surface area contributed by atoms with E-state index in [0.717, 1.165) is 11.3 Å². The Morgan fingerprint density at radius 2 is 1.69 bits per heavy atom. The van der Waals surface area contributed by atoms with Gasteiger partial charge in [0, 0.05) is 28.2 Å². The Kier molecular flexibility index (Phi) is 8.32. The number of amides is 1. The fourth-order valence-corrected chi connectivity index (χ4v) is 3.21. The summed E-state index contributed by atoms with van der Waals surface area (Å²) < 4.78 is 11.3. The molecule has 2 N–H and O–H groups in total. The van der Waals surface area contributed by atoms with E-state index >= 15 is 0 Å². The number of anilines is 1. The average molecular weight is 460 g/mol. The van der Waals surface area contributed by atoms with Gasteiger partial charge in [-0.2, -0.15) is 0 Å². The van der Waals surface area contributed by atoms with E-state index < -0.39 is 0 Å². The lowest BCUT2D eigenvalue weighted by atomic mass is 10.1. The highest BCUT2D eigenvalue weighted by Crippen LogP contribution is 2.34. The van der Waals surface area contributed by atoms with Gasteiger partial charge in [0.1, 0.15) is 0 Å². The summed E-state index contributed by atoms with van der Waals surface area (Å²) in [5.74, 6) is 0.702. The van der Waals surface area contributed by atoms with Crippen LogP contribution in [-0.4, -0.2) is 24.7 Å². The van der Waals surface area contributed by atoms with Crippen molar-refractivity contribution in [1.29, 1.82) is 0 Å². The Morgan fingerprint density at radius 3 is 2.31 bits per heavy atom. The van der Waals surface area contributed by atoms with Crippen molar-refractivity contribution in [2.45, 2.75) is 39.8 Å². The Labute approximate surface area is 186 Å². The molecular weight excluding hydrogens is 435 g/mol. The number of benzene rings is 2. The highest BCUT2D eigenvalue weighted by molar-refractivity contribution is 6.36. The number of rotatable bonds is 8. The summed E-state index contributed by atoms with van der Waals surface area (Å²) in [4.78, 5) is 12.0. The Morgan fingerprint density at radius 1 is 1.00 bits per heavy atom. The zero-order valence-corrected chi connectivity index (χ0v) is 19.1. The van der Waals surface area contributed by atoms with Gasteiger partial charge in [-0.05, 0) is 57.5 Å². The topological polar surface area (TPSA) is 59.6 Å². The van der Waals surface area contributed by atoms with E-state index in [1.165, 1.54) is 0 Å². The molecule has 8 heteroatoms. The third-order valence-electron chi connectivity index (χ3n) is 3.69. The quantitative estimate of drug-likeness (QED) is 0.512. The minimum atomic E-state index is -0.334. The standard InChI is InChI=1S/C21H25Cl3N2O3/c1-5-28-18-8-13(11-25-17-7-6-14(22)9-16(17)24)15(23)10-19(18)29-12-20(27)26-21(2,3)4/h6-10,25H,5,11-12H2,1-4H3,(H,26,27).